The van der Waals surface area contributed by atoms with E-state index in [9.17, 15) is 9.90 Å². The fourth-order valence-electron chi connectivity index (χ4n) is 1.80. The SMILES string of the molecule is CC(C)[C@@H](CO)NC(=O)c1cc(-c2ccc(Cl)cc2)on1. The number of carbonyl (C=O) groups is 1. The predicted octanol–water partition coefficient (Wildman–Crippen LogP) is 2.74. The minimum absolute atomic E-state index is 0.120. The molecule has 0 bridgehead atoms. The maximum atomic E-state index is 12.1. The second-order valence-electron chi connectivity index (χ2n) is 5.09. The second-order valence-corrected chi connectivity index (χ2v) is 5.53. The Bertz CT molecular complexity index is 608. The molecule has 0 aliphatic rings. The van der Waals surface area contributed by atoms with Crippen LogP contribution in [0.3, 0.4) is 0 Å². The van der Waals surface area contributed by atoms with Crippen LogP contribution in [-0.2, 0) is 0 Å². The number of aliphatic hydroxyl groups excluding tert-OH is 1. The lowest BCUT2D eigenvalue weighted by Gasteiger charge is -2.18. The molecule has 112 valence electrons. The van der Waals surface area contributed by atoms with E-state index in [4.69, 9.17) is 16.1 Å². The van der Waals surface area contributed by atoms with E-state index in [2.05, 4.69) is 10.5 Å². The number of amides is 1. The number of carbonyl (C=O) groups excluding carboxylic acids is 1. The van der Waals surface area contributed by atoms with Gasteiger partial charge < -0.3 is 14.9 Å². The molecule has 1 aromatic heterocycles. The molecule has 2 aromatic rings. The Kier molecular flexibility index (Phi) is 4.98. The zero-order valence-corrected chi connectivity index (χ0v) is 12.6. The van der Waals surface area contributed by atoms with Crippen LogP contribution in [0.4, 0.5) is 0 Å². The molecule has 0 radical (unpaired) electrons. The van der Waals surface area contributed by atoms with Crippen LogP contribution in [0.25, 0.3) is 11.3 Å². The summed E-state index contributed by atoms with van der Waals surface area (Å²) >= 11 is 5.82. The summed E-state index contributed by atoms with van der Waals surface area (Å²) < 4.78 is 5.17. The number of nitrogens with one attached hydrogen (secondary N) is 1. The zero-order valence-electron chi connectivity index (χ0n) is 11.8. The molecule has 2 rings (SSSR count). The predicted molar refractivity (Wildman–Crippen MR) is 80.1 cm³/mol. The third-order valence-electron chi connectivity index (χ3n) is 3.19. The van der Waals surface area contributed by atoms with Crippen molar-refractivity contribution in [2.24, 2.45) is 5.92 Å². The largest absolute Gasteiger partial charge is 0.394 e. The molecule has 0 spiro atoms. The smallest absolute Gasteiger partial charge is 0.273 e. The lowest BCUT2D eigenvalue weighted by Crippen LogP contribution is -2.41. The number of benzene rings is 1. The molecule has 0 saturated heterocycles. The number of hydrogen-bond donors (Lipinski definition) is 2. The van der Waals surface area contributed by atoms with Gasteiger partial charge in [0.1, 0.15) is 0 Å². The van der Waals surface area contributed by atoms with Gasteiger partial charge in [0.15, 0.2) is 11.5 Å². The number of nitrogens with zero attached hydrogens (tertiary/aromatic N) is 1. The van der Waals surface area contributed by atoms with Crippen molar-refractivity contribution in [2.75, 3.05) is 6.61 Å². The van der Waals surface area contributed by atoms with Crippen LogP contribution < -0.4 is 5.32 Å². The molecule has 21 heavy (non-hydrogen) atoms. The van der Waals surface area contributed by atoms with Crippen molar-refractivity contribution in [1.82, 2.24) is 10.5 Å². The summed E-state index contributed by atoms with van der Waals surface area (Å²) in [5.41, 5.74) is 0.965. The summed E-state index contributed by atoms with van der Waals surface area (Å²) in [5, 5.41) is 16.3. The van der Waals surface area contributed by atoms with Gasteiger partial charge in [-0.2, -0.15) is 0 Å². The molecular formula is C15H17ClN2O3. The van der Waals surface area contributed by atoms with Gasteiger partial charge in [0, 0.05) is 16.7 Å². The summed E-state index contributed by atoms with van der Waals surface area (Å²) in [6.07, 6.45) is 0. The Labute approximate surface area is 127 Å². The molecule has 5 nitrogen and oxygen atoms in total. The molecular weight excluding hydrogens is 292 g/mol. The molecule has 0 aliphatic heterocycles. The van der Waals surface area contributed by atoms with Crippen LogP contribution in [0, 0.1) is 5.92 Å². The highest BCUT2D eigenvalue weighted by Crippen LogP contribution is 2.22. The number of aromatic nitrogens is 1. The van der Waals surface area contributed by atoms with Crippen LogP contribution in [0.5, 0.6) is 0 Å². The monoisotopic (exact) mass is 308 g/mol. The van der Waals surface area contributed by atoms with E-state index in [1.807, 2.05) is 13.8 Å². The third kappa shape index (κ3) is 3.83. The van der Waals surface area contributed by atoms with Crippen LogP contribution in [0.15, 0.2) is 34.9 Å². The summed E-state index contributed by atoms with van der Waals surface area (Å²) in [7, 11) is 0. The number of hydrogen-bond acceptors (Lipinski definition) is 4. The van der Waals surface area contributed by atoms with E-state index in [-0.39, 0.29) is 30.2 Å². The maximum Gasteiger partial charge on any atom is 0.273 e. The van der Waals surface area contributed by atoms with E-state index < -0.39 is 0 Å². The molecule has 1 aromatic carbocycles. The molecule has 0 saturated carbocycles. The fourth-order valence-corrected chi connectivity index (χ4v) is 1.92. The van der Waals surface area contributed by atoms with Crippen molar-refractivity contribution < 1.29 is 14.4 Å². The summed E-state index contributed by atoms with van der Waals surface area (Å²) in [6, 6.07) is 8.30. The number of aliphatic hydroxyl groups is 1. The van der Waals surface area contributed by atoms with Crippen LogP contribution in [-0.4, -0.2) is 28.8 Å². The van der Waals surface area contributed by atoms with Crippen molar-refractivity contribution >= 4 is 17.5 Å². The van der Waals surface area contributed by atoms with E-state index in [1.165, 1.54) is 0 Å². The Balaban J connectivity index is 2.12. The maximum absolute atomic E-state index is 12.1. The number of rotatable bonds is 5. The Hall–Kier alpha value is -1.85. The molecule has 1 atom stereocenters. The third-order valence-corrected chi connectivity index (χ3v) is 3.44. The average Bonchev–Trinajstić information content (AvgIpc) is 2.94. The fraction of sp³-hybridized carbons (Fsp3) is 0.333. The second kappa shape index (κ2) is 6.74. The molecule has 6 heteroatoms. The van der Waals surface area contributed by atoms with Crippen molar-refractivity contribution in [3.05, 3.63) is 41.0 Å². The van der Waals surface area contributed by atoms with E-state index in [0.717, 1.165) is 5.56 Å². The summed E-state index contributed by atoms with van der Waals surface area (Å²) in [5.74, 6) is 0.246. The van der Waals surface area contributed by atoms with E-state index in [0.29, 0.717) is 10.8 Å². The van der Waals surface area contributed by atoms with E-state index in [1.54, 1.807) is 30.3 Å². The van der Waals surface area contributed by atoms with Crippen molar-refractivity contribution in [1.29, 1.82) is 0 Å². The molecule has 1 heterocycles. The molecule has 0 unspecified atom stereocenters. The van der Waals surface area contributed by atoms with Crippen LogP contribution in [0.1, 0.15) is 24.3 Å². The van der Waals surface area contributed by atoms with Crippen LogP contribution in [0.2, 0.25) is 5.02 Å². The van der Waals surface area contributed by atoms with Gasteiger partial charge in [0.05, 0.1) is 12.6 Å². The lowest BCUT2D eigenvalue weighted by molar-refractivity contribution is 0.0888. The summed E-state index contributed by atoms with van der Waals surface area (Å²) in [4.78, 5) is 12.1. The van der Waals surface area contributed by atoms with Gasteiger partial charge in [-0.05, 0) is 30.2 Å². The first kappa shape index (κ1) is 15.5. The highest BCUT2D eigenvalue weighted by Gasteiger charge is 2.19. The van der Waals surface area contributed by atoms with Gasteiger partial charge in [0.25, 0.3) is 5.91 Å². The lowest BCUT2D eigenvalue weighted by atomic mass is 10.1. The van der Waals surface area contributed by atoms with Gasteiger partial charge >= 0.3 is 0 Å². The highest BCUT2D eigenvalue weighted by molar-refractivity contribution is 6.30. The van der Waals surface area contributed by atoms with Gasteiger partial charge in [-0.15, -0.1) is 0 Å². The molecule has 0 aliphatic carbocycles. The quantitative estimate of drug-likeness (QED) is 0.890. The van der Waals surface area contributed by atoms with Gasteiger partial charge in [0.2, 0.25) is 0 Å². The number of halogens is 1. The topological polar surface area (TPSA) is 75.4 Å². The van der Waals surface area contributed by atoms with Crippen LogP contribution >= 0.6 is 11.6 Å². The Morgan fingerprint density at radius 3 is 2.62 bits per heavy atom. The first-order valence-electron chi connectivity index (χ1n) is 6.65. The van der Waals surface area contributed by atoms with Gasteiger partial charge in [-0.3, -0.25) is 4.79 Å². The molecule has 2 N–H and O–H groups in total. The average molecular weight is 309 g/mol. The minimum Gasteiger partial charge on any atom is -0.394 e. The first-order chi connectivity index (χ1) is 10.0. The van der Waals surface area contributed by atoms with Gasteiger partial charge in [-0.1, -0.05) is 30.6 Å². The molecule has 1 amide bonds. The van der Waals surface area contributed by atoms with Crippen molar-refractivity contribution in [2.45, 2.75) is 19.9 Å². The first-order valence-corrected chi connectivity index (χ1v) is 7.03. The van der Waals surface area contributed by atoms with E-state index >= 15 is 0 Å². The Morgan fingerprint density at radius 1 is 1.38 bits per heavy atom. The zero-order chi connectivity index (χ0) is 15.4. The minimum atomic E-state index is -0.369. The highest BCUT2D eigenvalue weighted by atomic mass is 35.5. The normalized spacial score (nSPS) is 12.4. The van der Waals surface area contributed by atoms with Gasteiger partial charge in [-0.25, -0.2) is 0 Å². The summed E-state index contributed by atoms with van der Waals surface area (Å²) in [6.45, 7) is 3.72. The Morgan fingerprint density at radius 2 is 2.05 bits per heavy atom. The van der Waals surface area contributed by atoms with Crippen molar-refractivity contribution in [3.63, 3.8) is 0 Å². The standard InChI is InChI=1S/C15H17ClN2O3/c1-9(2)13(8-19)17-15(20)12-7-14(21-18-12)10-3-5-11(16)6-4-10/h3-7,9,13,19H,8H2,1-2H3,(H,17,20)/t13-/m1/s1. The van der Waals surface area contributed by atoms with Crippen molar-refractivity contribution in [3.8, 4) is 11.3 Å². The molecule has 0 fully saturated rings.